The molecule has 0 spiro atoms. The SMILES string of the molecule is O=C(CCC(c1ccccc1)[N+](=O)[O-])c1ccccc1C#CCc1ccccc1. The molecule has 1 atom stereocenters. The van der Waals surface area contributed by atoms with Crippen molar-refractivity contribution in [3.8, 4) is 11.8 Å². The molecule has 0 heterocycles. The number of Topliss-reactive ketones (excluding diaryl/α,β-unsaturated/α-hetero) is 1. The van der Waals surface area contributed by atoms with Gasteiger partial charge in [0, 0.05) is 40.9 Å². The molecule has 144 valence electrons. The Bertz CT molecular complexity index is 1030. The molecule has 0 saturated carbocycles. The lowest BCUT2D eigenvalue weighted by Gasteiger charge is -2.10. The van der Waals surface area contributed by atoms with E-state index in [0.29, 0.717) is 23.1 Å². The van der Waals surface area contributed by atoms with Gasteiger partial charge in [0.1, 0.15) is 0 Å². The van der Waals surface area contributed by atoms with Crippen LogP contribution in [0.5, 0.6) is 0 Å². The molecule has 0 bridgehead atoms. The normalized spacial score (nSPS) is 11.2. The van der Waals surface area contributed by atoms with E-state index in [2.05, 4.69) is 11.8 Å². The maximum absolute atomic E-state index is 12.8. The first-order valence-corrected chi connectivity index (χ1v) is 9.48. The maximum atomic E-state index is 12.8. The number of nitro groups is 1. The average molecular weight is 383 g/mol. The number of carbonyl (C=O) groups excluding carboxylic acids is 1. The average Bonchev–Trinajstić information content (AvgIpc) is 2.75. The predicted molar refractivity (Wildman–Crippen MR) is 113 cm³/mol. The fourth-order valence-corrected chi connectivity index (χ4v) is 3.14. The van der Waals surface area contributed by atoms with Gasteiger partial charge in [-0.25, -0.2) is 0 Å². The minimum Gasteiger partial charge on any atom is -0.294 e. The van der Waals surface area contributed by atoms with Crippen molar-refractivity contribution < 1.29 is 9.72 Å². The molecule has 1 unspecified atom stereocenters. The van der Waals surface area contributed by atoms with Gasteiger partial charge in [-0.3, -0.25) is 14.9 Å². The molecule has 3 rings (SSSR count). The summed E-state index contributed by atoms with van der Waals surface area (Å²) in [7, 11) is 0. The van der Waals surface area contributed by atoms with Crippen LogP contribution in [0.3, 0.4) is 0 Å². The van der Waals surface area contributed by atoms with E-state index in [-0.39, 0.29) is 23.5 Å². The van der Waals surface area contributed by atoms with Gasteiger partial charge in [-0.15, -0.1) is 0 Å². The molecule has 0 saturated heterocycles. The number of hydrogen-bond acceptors (Lipinski definition) is 3. The lowest BCUT2D eigenvalue weighted by molar-refractivity contribution is -0.529. The zero-order valence-corrected chi connectivity index (χ0v) is 16.0. The Balaban J connectivity index is 1.70. The van der Waals surface area contributed by atoms with Gasteiger partial charge in [-0.1, -0.05) is 90.7 Å². The third-order valence-corrected chi connectivity index (χ3v) is 4.67. The number of nitrogens with zero attached hydrogens (tertiary/aromatic N) is 1. The summed E-state index contributed by atoms with van der Waals surface area (Å²) in [5.74, 6) is 6.06. The van der Waals surface area contributed by atoms with Crippen molar-refractivity contribution in [1.29, 1.82) is 0 Å². The van der Waals surface area contributed by atoms with Crippen LogP contribution >= 0.6 is 0 Å². The summed E-state index contributed by atoms with van der Waals surface area (Å²) in [6.07, 6.45) is 0.848. The molecule has 0 aromatic heterocycles. The highest BCUT2D eigenvalue weighted by Crippen LogP contribution is 2.23. The summed E-state index contributed by atoms with van der Waals surface area (Å²) in [5, 5.41) is 11.5. The van der Waals surface area contributed by atoms with E-state index in [1.165, 1.54) is 0 Å². The second-order valence-electron chi connectivity index (χ2n) is 6.68. The van der Waals surface area contributed by atoms with Gasteiger partial charge in [-0.05, 0) is 11.6 Å². The van der Waals surface area contributed by atoms with Gasteiger partial charge in [-0.2, -0.15) is 0 Å². The van der Waals surface area contributed by atoms with Crippen LogP contribution in [0.15, 0.2) is 84.9 Å². The van der Waals surface area contributed by atoms with Crippen LogP contribution in [0.2, 0.25) is 0 Å². The largest absolute Gasteiger partial charge is 0.294 e. The third-order valence-electron chi connectivity index (χ3n) is 4.67. The zero-order chi connectivity index (χ0) is 20.5. The standard InChI is InChI=1S/C25H21NO3/c27-25(19-18-24(26(28)29)22-14-5-2-6-15-22)23-17-8-7-13-21(23)16-9-12-20-10-3-1-4-11-20/h1-8,10-11,13-15,17,24H,12,18-19H2. The van der Waals surface area contributed by atoms with Crippen LogP contribution in [0.4, 0.5) is 0 Å². The molecule has 0 fully saturated rings. The highest BCUT2D eigenvalue weighted by Gasteiger charge is 2.24. The highest BCUT2D eigenvalue weighted by molar-refractivity contribution is 5.98. The summed E-state index contributed by atoms with van der Waals surface area (Å²) in [5.41, 5.74) is 2.90. The van der Waals surface area contributed by atoms with Crippen LogP contribution < -0.4 is 0 Å². The first kappa shape index (κ1) is 20.0. The monoisotopic (exact) mass is 383 g/mol. The predicted octanol–water partition coefficient (Wildman–Crippen LogP) is 5.26. The highest BCUT2D eigenvalue weighted by atomic mass is 16.6. The van der Waals surface area contributed by atoms with E-state index >= 15 is 0 Å². The topological polar surface area (TPSA) is 60.2 Å². The molecule has 4 nitrogen and oxygen atoms in total. The minimum atomic E-state index is -0.892. The Kier molecular flexibility index (Phi) is 6.91. The molecule has 0 amide bonds. The Morgan fingerprint density at radius 1 is 0.897 bits per heavy atom. The van der Waals surface area contributed by atoms with Crippen molar-refractivity contribution in [3.63, 3.8) is 0 Å². The van der Waals surface area contributed by atoms with Crippen molar-refractivity contribution in [3.05, 3.63) is 117 Å². The van der Waals surface area contributed by atoms with Crippen molar-refractivity contribution in [1.82, 2.24) is 0 Å². The molecule has 0 radical (unpaired) electrons. The lowest BCUT2D eigenvalue weighted by Crippen LogP contribution is -2.13. The summed E-state index contributed by atoms with van der Waals surface area (Å²) in [6.45, 7) is 0. The number of hydrogen-bond donors (Lipinski definition) is 0. The fourth-order valence-electron chi connectivity index (χ4n) is 3.14. The smallest absolute Gasteiger partial charge is 0.238 e. The Morgan fingerprint density at radius 2 is 1.52 bits per heavy atom. The molecule has 29 heavy (non-hydrogen) atoms. The Hall–Kier alpha value is -3.71. The molecule has 0 aliphatic carbocycles. The molecular formula is C25H21NO3. The second-order valence-corrected chi connectivity index (χ2v) is 6.68. The summed E-state index contributed by atoms with van der Waals surface area (Å²) >= 11 is 0. The van der Waals surface area contributed by atoms with E-state index in [1.807, 2.05) is 48.5 Å². The van der Waals surface area contributed by atoms with Gasteiger partial charge in [0.2, 0.25) is 6.04 Å². The first-order valence-electron chi connectivity index (χ1n) is 9.48. The van der Waals surface area contributed by atoms with Crippen LogP contribution in [0, 0.1) is 22.0 Å². The number of ketones is 1. The van der Waals surface area contributed by atoms with E-state index < -0.39 is 6.04 Å². The van der Waals surface area contributed by atoms with E-state index in [4.69, 9.17) is 0 Å². The Morgan fingerprint density at radius 3 is 2.21 bits per heavy atom. The summed E-state index contributed by atoms with van der Waals surface area (Å²) in [4.78, 5) is 23.9. The molecule has 3 aromatic rings. The minimum absolute atomic E-state index is 0.0952. The van der Waals surface area contributed by atoms with Gasteiger partial charge in [0.05, 0.1) is 0 Å². The van der Waals surface area contributed by atoms with Gasteiger partial charge >= 0.3 is 0 Å². The van der Waals surface area contributed by atoms with Crippen LogP contribution in [-0.2, 0) is 6.42 Å². The number of rotatable bonds is 7. The third kappa shape index (κ3) is 5.63. The summed E-state index contributed by atoms with van der Waals surface area (Å²) < 4.78 is 0. The lowest BCUT2D eigenvalue weighted by atomic mass is 9.96. The molecule has 0 N–H and O–H groups in total. The number of benzene rings is 3. The van der Waals surface area contributed by atoms with Crippen molar-refractivity contribution >= 4 is 5.78 Å². The van der Waals surface area contributed by atoms with Crippen LogP contribution in [0.25, 0.3) is 0 Å². The van der Waals surface area contributed by atoms with E-state index in [9.17, 15) is 14.9 Å². The van der Waals surface area contributed by atoms with Crippen LogP contribution in [0.1, 0.15) is 45.9 Å². The zero-order valence-electron chi connectivity index (χ0n) is 16.0. The first-order chi connectivity index (χ1) is 14.1. The molecule has 4 heteroatoms. The number of carbonyl (C=O) groups is 1. The van der Waals surface area contributed by atoms with Crippen LogP contribution in [-0.4, -0.2) is 10.7 Å². The van der Waals surface area contributed by atoms with E-state index in [0.717, 1.165) is 5.56 Å². The molecule has 0 aliphatic rings. The van der Waals surface area contributed by atoms with E-state index in [1.54, 1.807) is 36.4 Å². The van der Waals surface area contributed by atoms with Gasteiger partial charge < -0.3 is 0 Å². The Labute approximate surface area is 170 Å². The molecule has 3 aromatic carbocycles. The van der Waals surface area contributed by atoms with Crippen molar-refractivity contribution in [2.24, 2.45) is 0 Å². The van der Waals surface area contributed by atoms with Gasteiger partial charge in [0.15, 0.2) is 5.78 Å². The molecule has 0 aliphatic heterocycles. The molecular weight excluding hydrogens is 362 g/mol. The summed E-state index contributed by atoms with van der Waals surface area (Å²) in [6, 6.07) is 25.0. The van der Waals surface area contributed by atoms with Gasteiger partial charge in [0.25, 0.3) is 0 Å². The second kappa shape index (κ2) is 10.0. The van der Waals surface area contributed by atoms with Crippen molar-refractivity contribution in [2.45, 2.75) is 25.3 Å². The quantitative estimate of drug-likeness (QED) is 0.242. The van der Waals surface area contributed by atoms with Crippen molar-refractivity contribution in [2.75, 3.05) is 0 Å². The maximum Gasteiger partial charge on any atom is 0.238 e. The fraction of sp³-hybridized carbons (Fsp3) is 0.160.